The van der Waals surface area contributed by atoms with E-state index in [-0.39, 0.29) is 30.2 Å². The van der Waals surface area contributed by atoms with Crippen LogP contribution < -0.4 is 5.32 Å². The van der Waals surface area contributed by atoms with Crippen LogP contribution >= 0.6 is 11.8 Å². The maximum atomic E-state index is 14.2. The van der Waals surface area contributed by atoms with Crippen molar-refractivity contribution in [3.8, 4) is 0 Å². The van der Waals surface area contributed by atoms with E-state index in [1.165, 1.54) is 179 Å². The van der Waals surface area contributed by atoms with Crippen molar-refractivity contribution in [1.82, 2.24) is 5.32 Å². The van der Waals surface area contributed by atoms with Crippen LogP contribution in [-0.4, -0.2) is 54.1 Å². The van der Waals surface area contributed by atoms with Gasteiger partial charge in [-0.15, -0.1) is 0 Å². The quantitative estimate of drug-likeness (QED) is 0.0397. The zero-order valence-electron chi connectivity index (χ0n) is 46.3. The Morgan fingerprint density at radius 2 is 0.764 bits per heavy atom. The smallest absolute Gasteiger partial charge is 0.330 e. The lowest BCUT2D eigenvalue weighted by atomic mass is 10.0. The Kier molecular flexibility index (Phi) is 42.6. The predicted octanol–water partition coefficient (Wildman–Crippen LogP) is 17.9. The molecule has 0 aromatic heterocycles. The fourth-order valence-electron chi connectivity index (χ4n) is 9.32. The zero-order chi connectivity index (χ0) is 51.8. The molecule has 2 aromatic rings. The first-order valence-electron chi connectivity index (χ1n) is 29.9. The van der Waals surface area contributed by atoms with Gasteiger partial charge in [0, 0.05) is 30.8 Å². The number of benzene rings is 2. The minimum absolute atomic E-state index is 0.0429. The Bertz CT molecular complexity index is 1530. The Morgan fingerprint density at radius 1 is 0.417 bits per heavy atom. The minimum Gasteiger partial charge on any atom is -0.462 e. The first-order valence-corrected chi connectivity index (χ1v) is 31.1. The van der Waals surface area contributed by atoms with Crippen molar-refractivity contribution in [2.24, 2.45) is 0 Å². The first-order chi connectivity index (χ1) is 35.4. The summed E-state index contributed by atoms with van der Waals surface area (Å²) in [5, 5.41) is 3.01. The van der Waals surface area contributed by atoms with Crippen molar-refractivity contribution in [3.63, 3.8) is 0 Å². The van der Waals surface area contributed by atoms with Gasteiger partial charge in [0.05, 0.1) is 0 Å². The number of rotatable bonds is 50. The molecule has 2 aromatic carbocycles. The number of ether oxygens (including phenoxy) is 3. The normalized spacial score (nSPS) is 12.2. The summed E-state index contributed by atoms with van der Waals surface area (Å²) >= 11 is 1.40. The first kappa shape index (κ1) is 64.8. The highest BCUT2D eigenvalue weighted by Gasteiger charge is 2.28. The van der Waals surface area contributed by atoms with E-state index in [0.29, 0.717) is 25.0 Å². The van der Waals surface area contributed by atoms with Crippen molar-refractivity contribution in [2.45, 2.75) is 283 Å². The Hall–Kier alpha value is -3.33. The number of thioether (sulfide) groups is 1. The van der Waals surface area contributed by atoms with Crippen LogP contribution in [0.1, 0.15) is 282 Å². The second-order valence-electron chi connectivity index (χ2n) is 20.7. The summed E-state index contributed by atoms with van der Waals surface area (Å²) in [7, 11) is 0. The van der Waals surface area contributed by atoms with Crippen LogP contribution in [0.25, 0.3) is 0 Å². The molecule has 9 heteroatoms. The number of carbonyl (C=O) groups excluding carboxylic acids is 4. The summed E-state index contributed by atoms with van der Waals surface area (Å²) in [6.45, 7) is 6.71. The Labute approximate surface area is 445 Å². The number of unbranched alkanes of at least 4 members (excludes halogenated alkanes) is 32. The van der Waals surface area contributed by atoms with Crippen LogP contribution in [-0.2, 0) is 33.4 Å². The van der Waals surface area contributed by atoms with Gasteiger partial charge < -0.3 is 19.5 Å². The molecule has 0 aliphatic carbocycles. The monoisotopic (exact) mass is 1020 g/mol. The molecular formula is C63H105NO7S. The molecule has 0 bridgehead atoms. The second-order valence-corrected chi connectivity index (χ2v) is 21.7. The summed E-state index contributed by atoms with van der Waals surface area (Å²) < 4.78 is 18.0. The lowest BCUT2D eigenvalue weighted by Gasteiger charge is -2.24. The molecule has 2 atom stereocenters. The molecular weight excluding hydrogens is 915 g/mol. The van der Waals surface area contributed by atoms with Crippen molar-refractivity contribution < 1.29 is 33.4 Å². The van der Waals surface area contributed by atoms with Crippen molar-refractivity contribution in [3.05, 3.63) is 71.8 Å². The number of amides is 1. The number of hydrogen-bond acceptors (Lipinski definition) is 8. The van der Waals surface area contributed by atoms with Crippen molar-refractivity contribution >= 4 is 35.6 Å². The fourth-order valence-corrected chi connectivity index (χ4v) is 10.3. The molecule has 0 saturated heterocycles. The number of carbonyl (C=O) groups is 4. The van der Waals surface area contributed by atoms with Gasteiger partial charge in [0.15, 0.2) is 6.10 Å². The molecule has 1 amide bonds. The van der Waals surface area contributed by atoms with Gasteiger partial charge in [-0.1, -0.05) is 287 Å². The van der Waals surface area contributed by atoms with Gasteiger partial charge in [-0.25, -0.2) is 4.79 Å². The fraction of sp³-hybridized carbons (Fsp3) is 0.746. The van der Waals surface area contributed by atoms with E-state index in [1.54, 1.807) is 0 Å². The highest BCUT2D eigenvalue weighted by Crippen LogP contribution is 2.27. The molecule has 0 unspecified atom stereocenters. The maximum absolute atomic E-state index is 14.2. The Balaban J connectivity index is 1.99. The lowest BCUT2D eigenvalue weighted by Crippen LogP contribution is -2.44. The minimum atomic E-state index is -0.934. The molecule has 0 spiro atoms. The SMILES string of the molecule is CCCCCCCCCCCCCCCC(=O)OC[C@H](CSC[C@H](NC(=O)CCCCCCCCCCC)C(=O)OC(c1ccccc1)c1ccccc1)OC(=O)CCCCCCCCCCCCCCC. The third-order valence-corrected chi connectivity index (χ3v) is 15.0. The topological polar surface area (TPSA) is 108 Å². The van der Waals surface area contributed by atoms with Crippen LogP contribution in [0.3, 0.4) is 0 Å². The van der Waals surface area contributed by atoms with Gasteiger partial charge >= 0.3 is 17.9 Å². The van der Waals surface area contributed by atoms with Crippen LogP contribution in [0.15, 0.2) is 60.7 Å². The largest absolute Gasteiger partial charge is 0.462 e. The summed E-state index contributed by atoms with van der Waals surface area (Å²) in [5.41, 5.74) is 1.67. The standard InChI is InChI=1S/C63H105NO7S/c1-4-7-10-13-16-19-21-23-25-28-31-34-43-50-60(66)69-52-57(70-61(67)51-44-35-32-29-26-24-22-20-17-14-11-8-5-2)53-72-54-58(64-59(65)49-42-33-30-27-18-15-12-9-6-3)63(68)71-62(55-45-38-36-39-46-55)56-47-40-37-41-48-56/h36-41,45-48,57-58,62H,4-35,42-44,49-54H2,1-3H3,(H,64,65)/t57-,58+/m1/s1. The summed E-state index contributed by atoms with van der Waals surface area (Å²) in [4.78, 5) is 53.9. The van der Waals surface area contributed by atoms with Gasteiger partial charge in [0.2, 0.25) is 5.91 Å². The number of nitrogens with one attached hydrogen (secondary N) is 1. The average Bonchev–Trinajstić information content (AvgIpc) is 3.39. The summed E-state index contributed by atoms with van der Waals surface area (Å²) in [5.74, 6) is -0.776. The summed E-state index contributed by atoms with van der Waals surface area (Å²) in [6.07, 6.45) is 42.0. The average molecular weight is 1020 g/mol. The molecule has 72 heavy (non-hydrogen) atoms. The van der Waals surface area contributed by atoms with Gasteiger partial charge in [-0.2, -0.15) is 11.8 Å². The molecule has 0 aliphatic rings. The van der Waals surface area contributed by atoms with E-state index in [0.717, 1.165) is 68.9 Å². The van der Waals surface area contributed by atoms with Crippen molar-refractivity contribution in [2.75, 3.05) is 18.1 Å². The maximum Gasteiger partial charge on any atom is 0.330 e. The summed E-state index contributed by atoms with van der Waals surface area (Å²) in [6, 6.07) is 18.4. The second kappa shape index (κ2) is 47.4. The third-order valence-electron chi connectivity index (χ3n) is 13.9. The number of esters is 3. The van der Waals surface area contributed by atoms with Crippen LogP contribution in [0.4, 0.5) is 0 Å². The highest BCUT2D eigenvalue weighted by atomic mass is 32.2. The molecule has 0 saturated carbocycles. The zero-order valence-corrected chi connectivity index (χ0v) is 47.1. The van der Waals surface area contributed by atoms with E-state index in [2.05, 4.69) is 26.1 Å². The number of hydrogen-bond donors (Lipinski definition) is 1. The molecule has 8 nitrogen and oxygen atoms in total. The van der Waals surface area contributed by atoms with E-state index in [4.69, 9.17) is 14.2 Å². The van der Waals surface area contributed by atoms with E-state index < -0.39 is 24.2 Å². The predicted molar refractivity (Wildman–Crippen MR) is 303 cm³/mol. The van der Waals surface area contributed by atoms with Gasteiger partial charge in [0.25, 0.3) is 0 Å². The molecule has 0 heterocycles. The van der Waals surface area contributed by atoms with Gasteiger partial charge in [0.1, 0.15) is 18.8 Å². The van der Waals surface area contributed by atoms with Gasteiger partial charge in [-0.3, -0.25) is 14.4 Å². The lowest BCUT2D eigenvalue weighted by molar-refractivity contribution is -0.157. The van der Waals surface area contributed by atoms with Gasteiger partial charge in [-0.05, 0) is 30.4 Å². The van der Waals surface area contributed by atoms with Crippen LogP contribution in [0.2, 0.25) is 0 Å². The Morgan fingerprint density at radius 3 is 1.15 bits per heavy atom. The van der Waals surface area contributed by atoms with Crippen LogP contribution in [0.5, 0.6) is 0 Å². The molecule has 0 fully saturated rings. The highest BCUT2D eigenvalue weighted by molar-refractivity contribution is 7.99. The van der Waals surface area contributed by atoms with Crippen molar-refractivity contribution in [1.29, 1.82) is 0 Å². The molecule has 1 N–H and O–H groups in total. The van der Waals surface area contributed by atoms with Crippen LogP contribution in [0, 0.1) is 0 Å². The third kappa shape index (κ3) is 36.6. The van der Waals surface area contributed by atoms with E-state index in [9.17, 15) is 19.2 Å². The molecule has 0 radical (unpaired) electrons. The molecule has 0 aliphatic heterocycles. The molecule has 2 rings (SSSR count). The molecule has 410 valence electrons. The van der Waals surface area contributed by atoms with E-state index in [1.807, 2.05) is 60.7 Å². The van der Waals surface area contributed by atoms with E-state index >= 15 is 0 Å².